The van der Waals surface area contributed by atoms with E-state index in [9.17, 15) is 0 Å². The molecule has 10 aromatic carbocycles. The predicted octanol–water partition coefficient (Wildman–Crippen LogP) is 16.6. The lowest BCUT2D eigenvalue weighted by molar-refractivity contribution is 0.793. The number of hydrogen-bond acceptors (Lipinski definition) is 2. The number of nitrogens with zero attached hydrogens (tertiary/aromatic N) is 2. The van der Waals surface area contributed by atoms with Crippen molar-refractivity contribution in [2.45, 2.75) is 5.41 Å². The van der Waals surface area contributed by atoms with Crippen molar-refractivity contribution >= 4 is 70.4 Å². The van der Waals surface area contributed by atoms with E-state index >= 15 is 0 Å². The molecule has 64 heavy (non-hydrogen) atoms. The number of thiophene rings is 1. The topological polar surface area (TPSA) is 8.17 Å². The molecule has 2 heterocycles. The molecule has 0 radical (unpaired) electrons. The Morgan fingerprint density at radius 1 is 0.359 bits per heavy atom. The second kappa shape index (κ2) is 13.5. The highest BCUT2D eigenvalue weighted by atomic mass is 32.1. The summed E-state index contributed by atoms with van der Waals surface area (Å²) in [6.07, 6.45) is 0. The van der Waals surface area contributed by atoms with Crippen LogP contribution < -0.4 is 4.90 Å². The van der Waals surface area contributed by atoms with Crippen LogP contribution in [-0.4, -0.2) is 4.57 Å². The first kappa shape index (κ1) is 35.6. The van der Waals surface area contributed by atoms with Crippen LogP contribution in [0.25, 0.3) is 81.0 Å². The lowest BCUT2D eigenvalue weighted by Gasteiger charge is -2.32. The fraction of sp³-hybridized carbons (Fsp3) is 0.0164. The van der Waals surface area contributed by atoms with Gasteiger partial charge in [0, 0.05) is 43.3 Å². The summed E-state index contributed by atoms with van der Waals surface area (Å²) in [6.45, 7) is 0. The number of rotatable bonds is 5. The Hall–Kier alpha value is -7.98. The third kappa shape index (κ3) is 4.85. The minimum atomic E-state index is -0.440. The van der Waals surface area contributed by atoms with Crippen molar-refractivity contribution in [2.75, 3.05) is 4.90 Å². The quantitative estimate of drug-likeness (QED) is 0.168. The van der Waals surface area contributed by atoms with Crippen LogP contribution in [0.2, 0.25) is 0 Å². The van der Waals surface area contributed by atoms with Gasteiger partial charge in [0.05, 0.1) is 26.8 Å². The third-order valence-electron chi connectivity index (χ3n) is 14.0. The molecule has 2 aliphatic carbocycles. The summed E-state index contributed by atoms with van der Waals surface area (Å²) in [6, 6.07) is 85.7. The van der Waals surface area contributed by atoms with Crippen LogP contribution in [-0.2, 0) is 5.41 Å². The maximum atomic E-state index is 2.51. The van der Waals surface area contributed by atoms with Crippen molar-refractivity contribution in [1.82, 2.24) is 4.57 Å². The molecule has 0 saturated heterocycles. The van der Waals surface area contributed by atoms with Gasteiger partial charge in [0.2, 0.25) is 0 Å². The summed E-state index contributed by atoms with van der Waals surface area (Å²) in [4.78, 5) is 2.50. The van der Waals surface area contributed by atoms with Crippen molar-refractivity contribution in [3.05, 3.63) is 253 Å². The summed E-state index contributed by atoms with van der Waals surface area (Å²) in [5, 5.41) is 5.07. The van der Waals surface area contributed by atoms with Gasteiger partial charge in [-0.1, -0.05) is 170 Å². The molecule has 3 heteroatoms. The molecular weight excluding hydrogens is 793 g/mol. The van der Waals surface area contributed by atoms with Gasteiger partial charge < -0.3 is 9.47 Å². The molecule has 2 aliphatic rings. The lowest BCUT2D eigenvalue weighted by atomic mass is 9.70. The van der Waals surface area contributed by atoms with E-state index in [2.05, 4.69) is 240 Å². The molecule has 0 saturated carbocycles. The molecule has 1 spiro atoms. The number of aromatic nitrogens is 1. The summed E-state index contributed by atoms with van der Waals surface area (Å²) in [5.74, 6) is 0. The largest absolute Gasteiger partial charge is 0.309 e. The summed E-state index contributed by atoms with van der Waals surface area (Å²) >= 11 is 1.88. The molecule has 298 valence electrons. The molecular formula is C61H38N2S. The summed E-state index contributed by atoms with van der Waals surface area (Å²) < 4.78 is 4.96. The molecule has 0 fully saturated rings. The van der Waals surface area contributed by atoms with E-state index < -0.39 is 5.41 Å². The van der Waals surface area contributed by atoms with Crippen molar-refractivity contribution in [2.24, 2.45) is 0 Å². The van der Waals surface area contributed by atoms with E-state index in [1.807, 2.05) is 11.3 Å². The Morgan fingerprint density at radius 2 is 0.891 bits per heavy atom. The van der Waals surface area contributed by atoms with Crippen LogP contribution in [0.3, 0.4) is 0 Å². The van der Waals surface area contributed by atoms with Gasteiger partial charge >= 0.3 is 0 Å². The Morgan fingerprint density at radius 3 is 1.55 bits per heavy atom. The number of anilines is 3. The number of para-hydroxylation sites is 2. The zero-order chi connectivity index (χ0) is 41.9. The molecule has 0 bridgehead atoms. The van der Waals surface area contributed by atoms with Gasteiger partial charge in [0.1, 0.15) is 0 Å². The first-order valence-corrected chi connectivity index (χ1v) is 22.9. The highest BCUT2D eigenvalue weighted by Crippen LogP contribution is 2.63. The van der Waals surface area contributed by atoms with Crippen molar-refractivity contribution < 1.29 is 0 Å². The average Bonchev–Trinajstić information content (AvgIpc) is 4.08. The first-order chi connectivity index (χ1) is 31.8. The minimum Gasteiger partial charge on any atom is -0.309 e. The number of hydrogen-bond donors (Lipinski definition) is 0. The Bertz CT molecular complexity index is 3740. The van der Waals surface area contributed by atoms with Crippen molar-refractivity contribution in [3.8, 4) is 39.1 Å². The van der Waals surface area contributed by atoms with E-state index in [0.29, 0.717) is 0 Å². The minimum absolute atomic E-state index is 0.440. The van der Waals surface area contributed by atoms with E-state index in [4.69, 9.17) is 0 Å². The van der Waals surface area contributed by atoms with Crippen LogP contribution >= 0.6 is 11.3 Å². The molecule has 2 aromatic heterocycles. The van der Waals surface area contributed by atoms with Crippen molar-refractivity contribution in [3.63, 3.8) is 0 Å². The van der Waals surface area contributed by atoms with E-state index in [0.717, 1.165) is 11.4 Å². The monoisotopic (exact) mass is 830 g/mol. The second-order valence-electron chi connectivity index (χ2n) is 17.2. The number of fused-ring (bicyclic) bond motifs is 16. The fourth-order valence-corrected chi connectivity index (χ4v) is 12.6. The molecule has 0 unspecified atom stereocenters. The fourth-order valence-electron chi connectivity index (χ4n) is 11.4. The summed E-state index contributed by atoms with van der Waals surface area (Å²) in [7, 11) is 0. The van der Waals surface area contributed by atoms with Crippen LogP contribution in [0, 0.1) is 0 Å². The predicted molar refractivity (Wildman–Crippen MR) is 270 cm³/mol. The zero-order valence-electron chi connectivity index (χ0n) is 34.7. The maximum absolute atomic E-state index is 2.51. The highest BCUT2D eigenvalue weighted by Gasteiger charge is 2.51. The number of benzene rings is 10. The molecule has 14 rings (SSSR count). The standard InChI is InChI=1S/C61H38N2S/c1-2-15-39(16-3-1)40-29-31-41(32-30-40)62(43-33-35-47-46-19-6-11-25-54(46)61(55(47)38-43)52-23-9-4-17-44(52)45-18-5-10-24-53(45)61)58-28-14-22-50-51-37-42(34-36-59(51)64-60(50)58)63-56-26-12-7-20-48(56)49-21-8-13-27-57(49)63/h1-38H. The van der Waals surface area contributed by atoms with Gasteiger partial charge in [-0.15, -0.1) is 11.3 Å². The van der Waals surface area contributed by atoms with E-state index in [1.54, 1.807) is 0 Å². The van der Waals surface area contributed by atoms with E-state index in [1.165, 1.54) is 109 Å². The van der Waals surface area contributed by atoms with Gasteiger partial charge in [-0.3, -0.25) is 0 Å². The Kier molecular flexibility index (Phi) is 7.51. The molecule has 12 aromatic rings. The Balaban J connectivity index is 1.00. The zero-order valence-corrected chi connectivity index (χ0v) is 35.6. The van der Waals surface area contributed by atoms with Crippen LogP contribution in [0.1, 0.15) is 22.3 Å². The third-order valence-corrected chi connectivity index (χ3v) is 15.2. The van der Waals surface area contributed by atoms with Crippen molar-refractivity contribution in [1.29, 1.82) is 0 Å². The molecule has 0 amide bonds. The van der Waals surface area contributed by atoms with Gasteiger partial charge in [0.15, 0.2) is 0 Å². The molecule has 2 nitrogen and oxygen atoms in total. The van der Waals surface area contributed by atoms with E-state index in [-0.39, 0.29) is 0 Å². The summed E-state index contributed by atoms with van der Waals surface area (Å²) in [5.41, 5.74) is 19.6. The SMILES string of the molecule is c1ccc(-c2ccc(N(c3ccc4c(c3)C3(c5ccccc5-c5ccccc53)c3ccccc3-4)c3cccc4c3sc3ccc(-n5c6ccccc6c6ccccc65)cc34)cc2)cc1. The second-order valence-corrected chi connectivity index (χ2v) is 18.2. The molecule has 0 aliphatic heterocycles. The normalized spacial score (nSPS) is 13.1. The van der Waals surface area contributed by atoms with Crippen LogP contribution in [0.4, 0.5) is 17.1 Å². The molecule has 0 N–H and O–H groups in total. The van der Waals surface area contributed by atoms with Gasteiger partial charge in [-0.25, -0.2) is 0 Å². The van der Waals surface area contributed by atoms with Crippen LogP contribution in [0.15, 0.2) is 231 Å². The highest BCUT2D eigenvalue weighted by molar-refractivity contribution is 7.26. The maximum Gasteiger partial charge on any atom is 0.0726 e. The lowest BCUT2D eigenvalue weighted by Crippen LogP contribution is -2.26. The van der Waals surface area contributed by atoms with Gasteiger partial charge in [-0.2, -0.15) is 0 Å². The smallest absolute Gasteiger partial charge is 0.0726 e. The van der Waals surface area contributed by atoms with Crippen LogP contribution in [0.5, 0.6) is 0 Å². The molecule has 0 atom stereocenters. The average molecular weight is 831 g/mol. The first-order valence-electron chi connectivity index (χ1n) is 22.1. The Labute approximate surface area is 375 Å². The van der Waals surface area contributed by atoms with Gasteiger partial charge in [-0.05, 0) is 116 Å². The van der Waals surface area contributed by atoms with Gasteiger partial charge in [0.25, 0.3) is 0 Å².